The second kappa shape index (κ2) is 6.15. The number of hydrogen-bond donors (Lipinski definition) is 2. The lowest BCUT2D eigenvalue weighted by molar-refractivity contribution is -0.119. The van der Waals surface area contributed by atoms with E-state index in [9.17, 15) is 4.79 Å². The topological polar surface area (TPSA) is 57.3 Å². The number of nitrogens with zero attached hydrogens (tertiary/aromatic N) is 2. The first-order valence-corrected chi connectivity index (χ1v) is 7.17. The van der Waals surface area contributed by atoms with Gasteiger partial charge in [0.1, 0.15) is 0 Å². The van der Waals surface area contributed by atoms with E-state index in [2.05, 4.69) is 27.4 Å². The molecule has 2 rings (SSSR count). The predicted molar refractivity (Wildman–Crippen MR) is 73.8 cm³/mol. The number of aromatic nitrogens is 1. The van der Waals surface area contributed by atoms with Gasteiger partial charge in [-0.25, -0.2) is 4.98 Å². The number of anilines is 1. The highest BCUT2D eigenvalue weighted by Crippen LogP contribution is 2.21. The Morgan fingerprint density at radius 3 is 3.22 bits per heavy atom. The zero-order valence-electron chi connectivity index (χ0n) is 10.9. The van der Waals surface area contributed by atoms with Crippen molar-refractivity contribution in [2.45, 2.75) is 32.9 Å². The number of carbonyl (C=O) groups excluding carboxylic acids is 1. The minimum atomic E-state index is 0.0640. The monoisotopic (exact) mass is 268 g/mol. The van der Waals surface area contributed by atoms with Crippen LogP contribution in [-0.2, 0) is 11.3 Å². The van der Waals surface area contributed by atoms with Crippen LogP contribution in [-0.4, -0.2) is 41.5 Å². The number of thiazole rings is 1. The van der Waals surface area contributed by atoms with Crippen LogP contribution in [0, 0.1) is 0 Å². The van der Waals surface area contributed by atoms with Gasteiger partial charge >= 0.3 is 0 Å². The molecule has 2 N–H and O–H groups in total. The summed E-state index contributed by atoms with van der Waals surface area (Å²) in [6, 6.07) is 0.309. The molecule has 0 radical (unpaired) electrons. The summed E-state index contributed by atoms with van der Waals surface area (Å²) in [7, 11) is 0. The normalized spacial score (nSPS) is 20.0. The van der Waals surface area contributed by atoms with Crippen molar-refractivity contribution in [1.82, 2.24) is 15.2 Å². The van der Waals surface area contributed by atoms with Gasteiger partial charge in [-0.05, 0) is 13.3 Å². The molecule has 6 heteroatoms. The van der Waals surface area contributed by atoms with Gasteiger partial charge in [-0.15, -0.1) is 11.3 Å². The quantitative estimate of drug-likeness (QED) is 0.845. The summed E-state index contributed by atoms with van der Waals surface area (Å²) >= 11 is 1.71. The van der Waals surface area contributed by atoms with Crippen molar-refractivity contribution in [3.8, 4) is 0 Å². The molecule has 1 aliphatic heterocycles. The summed E-state index contributed by atoms with van der Waals surface area (Å²) in [6.45, 7) is 7.46. The Hall–Kier alpha value is -1.14. The van der Waals surface area contributed by atoms with E-state index in [1.165, 1.54) is 4.88 Å². The second-order valence-corrected chi connectivity index (χ2v) is 5.70. The van der Waals surface area contributed by atoms with Gasteiger partial charge in [-0.1, -0.05) is 0 Å². The van der Waals surface area contributed by atoms with Crippen LogP contribution in [0.1, 0.15) is 25.1 Å². The highest BCUT2D eigenvalue weighted by atomic mass is 32.1. The van der Waals surface area contributed by atoms with Crippen LogP contribution in [0.25, 0.3) is 0 Å². The second-order valence-electron chi connectivity index (χ2n) is 4.58. The highest BCUT2D eigenvalue weighted by Gasteiger charge is 2.23. The average molecular weight is 268 g/mol. The lowest BCUT2D eigenvalue weighted by Gasteiger charge is -2.14. The third-order valence-electron chi connectivity index (χ3n) is 2.94. The molecule has 0 aromatic carbocycles. The van der Waals surface area contributed by atoms with Crippen LogP contribution in [0.3, 0.4) is 0 Å². The van der Waals surface area contributed by atoms with E-state index in [4.69, 9.17) is 0 Å². The Balaban J connectivity index is 1.81. The van der Waals surface area contributed by atoms with Crippen molar-refractivity contribution in [2.75, 3.05) is 25.0 Å². The smallest absolute Gasteiger partial charge is 0.217 e. The first-order valence-electron chi connectivity index (χ1n) is 6.35. The molecular formula is C12H20N4OS. The number of likely N-dealkylation sites (tertiary alicyclic amines) is 1. The third kappa shape index (κ3) is 3.68. The Bertz CT molecular complexity index is 407. The number of nitrogens with one attached hydrogen (secondary N) is 2. The molecule has 5 nitrogen and oxygen atoms in total. The molecule has 1 atom stereocenters. The summed E-state index contributed by atoms with van der Waals surface area (Å²) in [6.07, 6.45) is 2.98. The van der Waals surface area contributed by atoms with E-state index in [1.54, 1.807) is 18.3 Å². The van der Waals surface area contributed by atoms with Gasteiger partial charge in [0.2, 0.25) is 5.91 Å². The average Bonchev–Trinajstić information content (AvgIpc) is 2.89. The summed E-state index contributed by atoms with van der Waals surface area (Å²) in [4.78, 5) is 19.0. The molecule has 1 unspecified atom stereocenters. The van der Waals surface area contributed by atoms with Crippen molar-refractivity contribution in [1.29, 1.82) is 0 Å². The van der Waals surface area contributed by atoms with Crippen molar-refractivity contribution in [3.63, 3.8) is 0 Å². The molecule has 100 valence electrons. The molecule has 0 aliphatic carbocycles. The minimum Gasteiger partial charge on any atom is -0.362 e. The largest absolute Gasteiger partial charge is 0.362 e. The molecule has 1 aromatic heterocycles. The van der Waals surface area contributed by atoms with E-state index in [0.717, 1.165) is 37.7 Å². The van der Waals surface area contributed by atoms with Crippen LogP contribution in [0.5, 0.6) is 0 Å². The maximum absolute atomic E-state index is 11.0. The molecular weight excluding hydrogens is 248 g/mol. The molecule has 1 fully saturated rings. The number of rotatable bonds is 5. The van der Waals surface area contributed by atoms with E-state index in [-0.39, 0.29) is 5.91 Å². The van der Waals surface area contributed by atoms with Crippen LogP contribution in [0.15, 0.2) is 6.20 Å². The lowest BCUT2D eigenvalue weighted by atomic mass is 10.3. The third-order valence-corrected chi connectivity index (χ3v) is 3.88. The molecule has 18 heavy (non-hydrogen) atoms. The predicted octanol–water partition coefficient (Wildman–Crippen LogP) is 1.29. The lowest BCUT2D eigenvalue weighted by Crippen LogP contribution is -2.35. The zero-order valence-corrected chi connectivity index (χ0v) is 11.7. The van der Waals surface area contributed by atoms with Crippen molar-refractivity contribution >= 4 is 22.4 Å². The fraction of sp³-hybridized carbons (Fsp3) is 0.667. The van der Waals surface area contributed by atoms with Crippen molar-refractivity contribution < 1.29 is 4.79 Å². The van der Waals surface area contributed by atoms with Gasteiger partial charge in [0.25, 0.3) is 0 Å². The molecule has 1 amide bonds. The first-order chi connectivity index (χ1) is 8.67. The maximum Gasteiger partial charge on any atom is 0.217 e. The van der Waals surface area contributed by atoms with Gasteiger partial charge in [0.05, 0.1) is 0 Å². The van der Waals surface area contributed by atoms with E-state index in [0.29, 0.717) is 6.04 Å². The van der Waals surface area contributed by atoms with E-state index < -0.39 is 0 Å². The SMILES string of the molecule is CCNc1ncc(CN2CCC(NC(C)=O)C2)s1. The minimum absolute atomic E-state index is 0.0640. The van der Waals surface area contributed by atoms with Crippen molar-refractivity contribution in [3.05, 3.63) is 11.1 Å². The summed E-state index contributed by atoms with van der Waals surface area (Å²) in [5.74, 6) is 0.0640. The number of amides is 1. The Morgan fingerprint density at radius 1 is 1.67 bits per heavy atom. The summed E-state index contributed by atoms with van der Waals surface area (Å²) in [5.41, 5.74) is 0. The van der Waals surface area contributed by atoms with Crippen LogP contribution in [0.4, 0.5) is 5.13 Å². The van der Waals surface area contributed by atoms with Gasteiger partial charge in [-0.2, -0.15) is 0 Å². The maximum atomic E-state index is 11.0. The summed E-state index contributed by atoms with van der Waals surface area (Å²) in [5, 5.41) is 7.19. The van der Waals surface area contributed by atoms with E-state index in [1.807, 2.05) is 6.20 Å². The van der Waals surface area contributed by atoms with Gasteiger partial charge in [0, 0.05) is 50.2 Å². The van der Waals surface area contributed by atoms with Gasteiger partial charge in [0.15, 0.2) is 5.13 Å². The molecule has 1 saturated heterocycles. The Morgan fingerprint density at radius 2 is 2.50 bits per heavy atom. The standard InChI is InChI=1S/C12H20N4OS/c1-3-13-12-14-6-11(18-12)8-16-5-4-10(7-16)15-9(2)17/h6,10H,3-5,7-8H2,1-2H3,(H,13,14)(H,15,17). The van der Waals surface area contributed by atoms with Crippen LogP contribution >= 0.6 is 11.3 Å². The fourth-order valence-electron chi connectivity index (χ4n) is 2.22. The van der Waals surface area contributed by atoms with Gasteiger partial charge in [-0.3, -0.25) is 9.69 Å². The summed E-state index contributed by atoms with van der Waals surface area (Å²) < 4.78 is 0. The fourth-order valence-corrected chi connectivity index (χ4v) is 3.14. The Labute approximate surface area is 112 Å². The molecule has 2 heterocycles. The molecule has 0 bridgehead atoms. The first kappa shape index (κ1) is 13.3. The Kier molecular flexibility index (Phi) is 4.54. The van der Waals surface area contributed by atoms with Crippen molar-refractivity contribution in [2.24, 2.45) is 0 Å². The number of carbonyl (C=O) groups is 1. The molecule has 0 spiro atoms. The highest BCUT2D eigenvalue weighted by molar-refractivity contribution is 7.15. The van der Waals surface area contributed by atoms with E-state index >= 15 is 0 Å². The van der Waals surface area contributed by atoms with Crippen LogP contribution in [0.2, 0.25) is 0 Å². The van der Waals surface area contributed by atoms with Crippen LogP contribution < -0.4 is 10.6 Å². The zero-order chi connectivity index (χ0) is 13.0. The molecule has 1 aromatic rings. The number of hydrogen-bond acceptors (Lipinski definition) is 5. The molecule has 0 saturated carbocycles. The van der Waals surface area contributed by atoms with Gasteiger partial charge < -0.3 is 10.6 Å². The molecule has 1 aliphatic rings.